The number of aliphatic hydroxyl groups is 1. The smallest absolute Gasteiger partial charge is 0.396 e. The van der Waals surface area contributed by atoms with E-state index in [0.717, 1.165) is 30.3 Å². The highest BCUT2D eigenvalue weighted by atomic mass is 35.5. The first-order chi connectivity index (χ1) is 13.5. The molecule has 0 aliphatic heterocycles. The molecule has 2 rings (SSSR count). The minimum absolute atomic E-state index is 0.189. The molecule has 2 aromatic rings. The van der Waals surface area contributed by atoms with E-state index < -0.39 is 47.7 Å². The van der Waals surface area contributed by atoms with Gasteiger partial charge in [-0.05, 0) is 42.8 Å². The van der Waals surface area contributed by atoms with Crippen molar-refractivity contribution in [1.29, 1.82) is 5.26 Å². The Kier molecular flexibility index (Phi) is 6.82. The van der Waals surface area contributed by atoms with Crippen molar-refractivity contribution >= 4 is 23.2 Å². The molecular weight excluding hydrogens is 419 g/mol. The lowest BCUT2D eigenvalue weighted by atomic mass is 10.0. The topological polar surface area (TPSA) is 73.1 Å². The van der Waals surface area contributed by atoms with Crippen molar-refractivity contribution in [3.8, 4) is 6.07 Å². The number of alkyl halides is 5. The molecule has 2 N–H and O–H groups in total. The summed E-state index contributed by atoms with van der Waals surface area (Å²) in [7, 11) is 0. The third-order valence-corrected chi connectivity index (χ3v) is 4.30. The maximum Gasteiger partial charge on any atom is 0.417 e. The van der Waals surface area contributed by atoms with Gasteiger partial charge in [0, 0.05) is 34.9 Å². The maximum atomic E-state index is 14.3. The molecule has 0 aliphatic rings. The second-order valence-corrected chi connectivity index (χ2v) is 6.46. The zero-order chi connectivity index (χ0) is 21.8. The molecule has 0 fully saturated rings. The molecule has 2 aromatic carbocycles. The lowest BCUT2D eigenvalue weighted by Crippen LogP contribution is -2.18. The maximum absolute atomic E-state index is 14.3. The van der Waals surface area contributed by atoms with Gasteiger partial charge in [0.25, 0.3) is 11.8 Å². The Balaban J connectivity index is 2.33. The molecule has 0 aromatic heterocycles. The van der Waals surface area contributed by atoms with E-state index in [0.29, 0.717) is 6.07 Å². The molecule has 0 saturated heterocycles. The number of aliphatic hydroxyl groups excluding tert-OH is 1. The highest BCUT2D eigenvalue weighted by Crippen LogP contribution is 2.38. The number of nitrogens with one attached hydrogen (secondary N) is 1. The summed E-state index contributed by atoms with van der Waals surface area (Å²) in [4.78, 5) is 12.3. The molecular formula is C19H14ClF5N2O2. The quantitative estimate of drug-likeness (QED) is 0.604. The van der Waals surface area contributed by atoms with Crippen molar-refractivity contribution in [3.63, 3.8) is 0 Å². The van der Waals surface area contributed by atoms with E-state index in [1.54, 1.807) is 0 Å². The van der Waals surface area contributed by atoms with E-state index in [-0.39, 0.29) is 22.7 Å². The Hall–Kier alpha value is -2.70. The number of benzene rings is 2. The number of carbonyl (C=O) groups is 1. The molecule has 1 amide bonds. The first kappa shape index (κ1) is 22.6. The zero-order valence-electron chi connectivity index (χ0n) is 14.7. The van der Waals surface area contributed by atoms with Crippen molar-refractivity contribution in [2.75, 3.05) is 11.9 Å². The van der Waals surface area contributed by atoms with Crippen LogP contribution in [-0.2, 0) is 12.1 Å². The number of nitrogens with zero attached hydrogens (tertiary/aromatic N) is 1. The van der Waals surface area contributed by atoms with Crippen LogP contribution in [0.5, 0.6) is 0 Å². The van der Waals surface area contributed by atoms with Crippen LogP contribution in [0.3, 0.4) is 0 Å². The molecule has 0 spiro atoms. The number of carbonyl (C=O) groups excluding carboxylic acids is 1. The Morgan fingerprint density at radius 2 is 1.79 bits per heavy atom. The molecule has 0 radical (unpaired) electrons. The molecule has 0 saturated carbocycles. The zero-order valence-corrected chi connectivity index (χ0v) is 15.4. The fourth-order valence-electron chi connectivity index (χ4n) is 2.54. The predicted octanol–water partition coefficient (Wildman–Crippen LogP) is 5.35. The van der Waals surface area contributed by atoms with E-state index >= 15 is 0 Å². The normalized spacial score (nSPS) is 11.8. The summed E-state index contributed by atoms with van der Waals surface area (Å²) >= 11 is 5.80. The van der Waals surface area contributed by atoms with Crippen LogP contribution in [0.1, 0.15) is 39.9 Å². The van der Waals surface area contributed by atoms with Crippen molar-refractivity contribution in [2.45, 2.75) is 24.9 Å². The van der Waals surface area contributed by atoms with E-state index in [1.807, 2.05) is 0 Å². The summed E-state index contributed by atoms with van der Waals surface area (Å²) in [5, 5.41) is 19.4. The molecule has 0 heterocycles. The van der Waals surface area contributed by atoms with Gasteiger partial charge in [-0.15, -0.1) is 0 Å². The van der Waals surface area contributed by atoms with Crippen LogP contribution < -0.4 is 5.32 Å². The SMILES string of the molecule is N#Cc1ccc(NC(=O)c2ccc(Cl)c(C(F)(F)CCCO)c2)cc1C(F)(F)F. The Morgan fingerprint density at radius 3 is 2.38 bits per heavy atom. The number of hydrogen-bond acceptors (Lipinski definition) is 3. The van der Waals surface area contributed by atoms with Gasteiger partial charge in [-0.3, -0.25) is 4.79 Å². The summed E-state index contributed by atoms with van der Waals surface area (Å²) in [6.07, 6.45) is -5.70. The van der Waals surface area contributed by atoms with E-state index in [2.05, 4.69) is 5.32 Å². The Labute approximate surface area is 167 Å². The Bertz CT molecular complexity index is 955. The van der Waals surface area contributed by atoms with E-state index in [1.165, 1.54) is 6.07 Å². The molecule has 10 heteroatoms. The van der Waals surface area contributed by atoms with E-state index in [4.69, 9.17) is 22.0 Å². The molecule has 0 atom stereocenters. The number of amides is 1. The number of anilines is 1. The highest BCUT2D eigenvalue weighted by molar-refractivity contribution is 6.31. The number of hydrogen-bond donors (Lipinski definition) is 2. The van der Waals surface area contributed by atoms with Crippen LogP contribution in [0.25, 0.3) is 0 Å². The molecule has 4 nitrogen and oxygen atoms in total. The van der Waals surface area contributed by atoms with Gasteiger partial charge in [-0.2, -0.15) is 18.4 Å². The summed E-state index contributed by atoms with van der Waals surface area (Å²) in [5.74, 6) is -4.34. The molecule has 0 unspecified atom stereocenters. The molecule has 0 bridgehead atoms. The van der Waals surface area contributed by atoms with Crippen LogP contribution in [0.15, 0.2) is 36.4 Å². The van der Waals surface area contributed by atoms with Gasteiger partial charge in [-0.25, -0.2) is 8.78 Å². The number of nitriles is 1. The van der Waals surface area contributed by atoms with Gasteiger partial charge in [0.1, 0.15) is 0 Å². The van der Waals surface area contributed by atoms with Gasteiger partial charge in [0.05, 0.1) is 17.2 Å². The van der Waals surface area contributed by atoms with Crippen LogP contribution in [0.4, 0.5) is 27.6 Å². The monoisotopic (exact) mass is 432 g/mol. The average molecular weight is 433 g/mol. The van der Waals surface area contributed by atoms with Crippen molar-refractivity contribution in [2.24, 2.45) is 0 Å². The largest absolute Gasteiger partial charge is 0.417 e. The van der Waals surface area contributed by atoms with Gasteiger partial charge in [0.2, 0.25) is 0 Å². The third kappa shape index (κ3) is 5.43. The fraction of sp³-hybridized carbons (Fsp3) is 0.263. The fourth-order valence-corrected chi connectivity index (χ4v) is 2.80. The summed E-state index contributed by atoms with van der Waals surface area (Å²) < 4.78 is 67.6. The van der Waals surface area contributed by atoms with Crippen LogP contribution in [0, 0.1) is 11.3 Å². The van der Waals surface area contributed by atoms with Crippen molar-refractivity contribution in [3.05, 3.63) is 63.7 Å². The Morgan fingerprint density at radius 1 is 1.10 bits per heavy atom. The molecule has 29 heavy (non-hydrogen) atoms. The second-order valence-electron chi connectivity index (χ2n) is 6.05. The van der Waals surface area contributed by atoms with Crippen LogP contribution in [0.2, 0.25) is 5.02 Å². The molecule has 0 aliphatic carbocycles. The summed E-state index contributed by atoms with van der Waals surface area (Å²) in [5.41, 5.74) is -2.98. The van der Waals surface area contributed by atoms with Gasteiger partial charge in [0.15, 0.2) is 0 Å². The average Bonchev–Trinajstić information content (AvgIpc) is 2.65. The predicted molar refractivity (Wildman–Crippen MR) is 95.8 cm³/mol. The lowest BCUT2D eigenvalue weighted by Gasteiger charge is -2.18. The van der Waals surface area contributed by atoms with E-state index in [9.17, 15) is 26.7 Å². The highest BCUT2D eigenvalue weighted by Gasteiger charge is 2.35. The lowest BCUT2D eigenvalue weighted by molar-refractivity contribution is -0.137. The number of rotatable bonds is 6. The van der Waals surface area contributed by atoms with Crippen molar-refractivity contribution < 1.29 is 31.9 Å². The third-order valence-electron chi connectivity index (χ3n) is 3.97. The minimum Gasteiger partial charge on any atom is -0.396 e. The van der Waals surface area contributed by atoms with Gasteiger partial charge in [-0.1, -0.05) is 11.6 Å². The van der Waals surface area contributed by atoms with Gasteiger partial charge < -0.3 is 10.4 Å². The minimum atomic E-state index is -4.81. The summed E-state index contributed by atoms with van der Waals surface area (Å²) in [6, 6.07) is 7.08. The number of halogens is 6. The second kappa shape index (κ2) is 8.76. The van der Waals surface area contributed by atoms with Crippen molar-refractivity contribution in [1.82, 2.24) is 0 Å². The van der Waals surface area contributed by atoms with Crippen LogP contribution >= 0.6 is 11.6 Å². The van der Waals surface area contributed by atoms with Gasteiger partial charge >= 0.3 is 6.18 Å². The first-order valence-corrected chi connectivity index (χ1v) is 8.59. The standard InChI is InChI=1S/C19H14ClF5N2O2/c20-16-5-3-11(8-15(16)18(21,22)6-1-7-28)17(29)27-13-4-2-12(10-26)14(9-13)19(23,24)25/h2-5,8-9,28H,1,6-7H2,(H,27,29). The van der Waals surface area contributed by atoms with Crippen LogP contribution in [-0.4, -0.2) is 17.6 Å². The molecule has 154 valence electrons. The summed E-state index contributed by atoms with van der Waals surface area (Å²) in [6.45, 7) is -0.451. The first-order valence-electron chi connectivity index (χ1n) is 8.21.